The molecule has 1 saturated carbocycles. The molecule has 222 valence electrons. The second-order valence-electron chi connectivity index (χ2n) is 11.8. The predicted octanol–water partition coefficient (Wildman–Crippen LogP) is 3.80. The number of nitrogens with one attached hydrogen (secondary N) is 1. The van der Waals surface area contributed by atoms with E-state index < -0.39 is 11.9 Å². The summed E-state index contributed by atoms with van der Waals surface area (Å²) in [4.78, 5) is 20.3. The highest BCUT2D eigenvalue weighted by atomic mass is 19.4. The summed E-state index contributed by atoms with van der Waals surface area (Å²) in [7, 11) is 0. The number of aromatic amines is 1. The van der Waals surface area contributed by atoms with Gasteiger partial charge in [-0.25, -0.2) is 15.0 Å². The molecule has 2 saturated heterocycles. The van der Waals surface area contributed by atoms with E-state index in [2.05, 4.69) is 34.8 Å². The standard InChI is InChI=1S/C29H34F3N9O/c30-29(31,32)24-10-19(15-39-6-1-7-39)11-25(38-24)42-22-3-8-40(9-4-22)21-12-28(13-21,17-33)41-16-20(14-37-41)26-23-2-5-34-27(23)36-18-35-26/h2,5,10-11,14,16,18,21-22H,1,3-4,6-9,12-13,15,17,33H2,(H,34,35,36). The van der Waals surface area contributed by atoms with Crippen LogP contribution in [0.4, 0.5) is 13.2 Å². The van der Waals surface area contributed by atoms with Crippen molar-refractivity contribution in [1.29, 1.82) is 0 Å². The smallest absolute Gasteiger partial charge is 0.433 e. The number of hydrogen-bond donors (Lipinski definition) is 2. The minimum absolute atomic E-state index is 0.0691. The summed E-state index contributed by atoms with van der Waals surface area (Å²) in [5, 5.41) is 5.63. The van der Waals surface area contributed by atoms with E-state index in [-0.39, 0.29) is 17.5 Å². The second kappa shape index (κ2) is 10.6. The first kappa shape index (κ1) is 27.3. The number of alkyl halides is 3. The topological polar surface area (TPSA) is 114 Å². The molecular formula is C29H34F3N9O. The van der Waals surface area contributed by atoms with Crippen molar-refractivity contribution in [1.82, 2.24) is 39.5 Å². The lowest BCUT2D eigenvalue weighted by Crippen LogP contribution is -2.61. The summed E-state index contributed by atoms with van der Waals surface area (Å²) in [6.07, 6.45) is 6.89. The SMILES string of the molecule is NCC1(n2cc(-c3ncnc4[nH]ccc34)cn2)CC(N2CCC(Oc3cc(CN4CCC4)cc(C(F)(F)F)n3)CC2)C1. The van der Waals surface area contributed by atoms with E-state index in [1.165, 1.54) is 0 Å². The van der Waals surface area contributed by atoms with Crippen LogP contribution >= 0.6 is 0 Å². The number of hydrogen-bond acceptors (Lipinski definition) is 8. The third-order valence-corrected chi connectivity index (χ3v) is 9.09. The zero-order chi connectivity index (χ0) is 28.9. The maximum atomic E-state index is 13.5. The number of likely N-dealkylation sites (tertiary alicyclic amines) is 2. The molecule has 3 fully saturated rings. The van der Waals surface area contributed by atoms with E-state index in [1.807, 2.05) is 29.3 Å². The lowest BCUT2D eigenvalue weighted by Gasteiger charge is -2.52. The maximum Gasteiger partial charge on any atom is 0.433 e. The summed E-state index contributed by atoms with van der Waals surface area (Å²) in [6, 6.07) is 5.14. The maximum absolute atomic E-state index is 13.5. The lowest BCUT2D eigenvalue weighted by atomic mass is 9.71. The van der Waals surface area contributed by atoms with Crippen LogP contribution in [0.25, 0.3) is 22.3 Å². The van der Waals surface area contributed by atoms with Crippen molar-refractivity contribution in [2.75, 3.05) is 32.7 Å². The van der Waals surface area contributed by atoms with Crippen LogP contribution in [0.3, 0.4) is 0 Å². The quantitative estimate of drug-likeness (QED) is 0.323. The number of rotatable bonds is 8. The molecule has 4 aromatic rings. The molecule has 3 aliphatic rings. The minimum atomic E-state index is -4.51. The van der Waals surface area contributed by atoms with Gasteiger partial charge in [-0.05, 0) is 62.9 Å². The van der Waals surface area contributed by atoms with Crippen LogP contribution in [-0.4, -0.2) is 84.4 Å². The van der Waals surface area contributed by atoms with E-state index in [0.717, 1.165) is 86.6 Å². The Morgan fingerprint density at radius 3 is 2.62 bits per heavy atom. The number of ether oxygens (including phenoxy) is 1. The average molecular weight is 582 g/mol. The molecule has 13 heteroatoms. The summed E-state index contributed by atoms with van der Waals surface area (Å²) >= 11 is 0. The van der Waals surface area contributed by atoms with E-state index in [1.54, 1.807) is 12.4 Å². The molecule has 0 bridgehead atoms. The number of halogens is 3. The fourth-order valence-corrected chi connectivity index (χ4v) is 6.51. The first-order valence-corrected chi connectivity index (χ1v) is 14.5. The van der Waals surface area contributed by atoms with E-state index in [4.69, 9.17) is 10.5 Å². The molecule has 4 aromatic heterocycles. The van der Waals surface area contributed by atoms with Crippen LogP contribution in [-0.2, 0) is 18.3 Å². The van der Waals surface area contributed by atoms with Crippen molar-refractivity contribution in [3.8, 4) is 17.1 Å². The molecule has 0 spiro atoms. The number of nitrogens with zero attached hydrogens (tertiary/aromatic N) is 7. The number of nitrogens with two attached hydrogens (primary N) is 1. The minimum Gasteiger partial charge on any atom is -0.474 e. The van der Waals surface area contributed by atoms with Crippen molar-refractivity contribution >= 4 is 11.0 Å². The van der Waals surface area contributed by atoms with E-state index in [9.17, 15) is 13.2 Å². The highest BCUT2D eigenvalue weighted by Gasteiger charge is 2.48. The van der Waals surface area contributed by atoms with Gasteiger partial charge in [0.2, 0.25) is 5.88 Å². The lowest BCUT2D eigenvalue weighted by molar-refractivity contribution is -0.141. The predicted molar refractivity (Wildman–Crippen MR) is 150 cm³/mol. The Kier molecular flexibility index (Phi) is 6.90. The Morgan fingerprint density at radius 1 is 1.10 bits per heavy atom. The van der Waals surface area contributed by atoms with Gasteiger partial charge < -0.3 is 15.5 Å². The molecule has 6 heterocycles. The largest absolute Gasteiger partial charge is 0.474 e. The van der Waals surface area contributed by atoms with Gasteiger partial charge in [0.15, 0.2) is 0 Å². The van der Waals surface area contributed by atoms with Gasteiger partial charge in [-0.3, -0.25) is 14.5 Å². The molecule has 0 unspecified atom stereocenters. The second-order valence-corrected chi connectivity index (χ2v) is 11.8. The van der Waals surface area contributed by atoms with Gasteiger partial charge in [-0.1, -0.05) is 0 Å². The van der Waals surface area contributed by atoms with Crippen molar-refractivity contribution in [2.45, 2.75) is 62.5 Å². The highest BCUT2D eigenvalue weighted by molar-refractivity contribution is 5.90. The molecule has 42 heavy (non-hydrogen) atoms. The molecule has 3 N–H and O–H groups in total. The third kappa shape index (κ3) is 5.13. The number of aromatic nitrogens is 6. The first-order valence-electron chi connectivity index (χ1n) is 14.5. The molecule has 0 amide bonds. The number of pyridine rings is 1. The van der Waals surface area contributed by atoms with Gasteiger partial charge in [-0.15, -0.1) is 0 Å². The monoisotopic (exact) mass is 581 g/mol. The van der Waals surface area contributed by atoms with E-state index >= 15 is 0 Å². The van der Waals surface area contributed by atoms with Crippen LogP contribution in [0.1, 0.15) is 43.4 Å². The fraction of sp³-hybridized carbons (Fsp3) is 0.517. The highest BCUT2D eigenvalue weighted by Crippen LogP contribution is 2.43. The van der Waals surface area contributed by atoms with Gasteiger partial charge in [0, 0.05) is 61.6 Å². The molecular weight excluding hydrogens is 547 g/mol. The zero-order valence-corrected chi connectivity index (χ0v) is 23.2. The van der Waals surface area contributed by atoms with Crippen LogP contribution in [0.5, 0.6) is 5.88 Å². The van der Waals surface area contributed by atoms with Crippen LogP contribution < -0.4 is 10.5 Å². The number of piperidine rings is 1. The summed E-state index contributed by atoms with van der Waals surface area (Å²) in [5.41, 5.74) is 8.29. The normalized spacial score (nSPS) is 24.0. The molecule has 0 aromatic carbocycles. The summed E-state index contributed by atoms with van der Waals surface area (Å²) in [6.45, 7) is 4.41. The summed E-state index contributed by atoms with van der Waals surface area (Å²) < 4.78 is 48.6. The van der Waals surface area contributed by atoms with Gasteiger partial charge >= 0.3 is 6.18 Å². The molecule has 0 atom stereocenters. The average Bonchev–Trinajstić information content (AvgIpc) is 3.61. The Labute approximate surface area is 241 Å². The molecule has 7 rings (SSSR count). The van der Waals surface area contributed by atoms with Crippen molar-refractivity contribution in [3.63, 3.8) is 0 Å². The van der Waals surface area contributed by atoms with Gasteiger partial charge in [0.25, 0.3) is 0 Å². The molecule has 1 aliphatic carbocycles. The van der Waals surface area contributed by atoms with Gasteiger partial charge in [0.1, 0.15) is 23.8 Å². The zero-order valence-electron chi connectivity index (χ0n) is 23.2. The molecule has 2 aliphatic heterocycles. The van der Waals surface area contributed by atoms with Gasteiger partial charge in [-0.2, -0.15) is 18.3 Å². The fourth-order valence-electron chi connectivity index (χ4n) is 6.51. The summed E-state index contributed by atoms with van der Waals surface area (Å²) in [5.74, 6) is 0.0691. The van der Waals surface area contributed by atoms with E-state index in [0.29, 0.717) is 24.7 Å². The third-order valence-electron chi connectivity index (χ3n) is 9.09. The Bertz CT molecular complexity index is 1550. The number of H-pyrrole nitrogens is 1. The van der Waals surface area contributed by atoms with Crippen LogP contribution in [0.2, 0.25) is 0 Å². The van der Waals surface area contributed by atoms with Crippen LogP contribution in [0, 0.1) is 0 Å². The Morgan fingerprint density at radius 2 is 1.90 bits per heavy atom. The van der Waals surface area contributed by atoms with Crippen LogP contribution in [0.15, 0.2) is 43.1 Å². The van der Waals surface area contributed by atoms with Crippen molar-refractivity contribution < 1.29 is 17.9 Å². The first-order chi connectivity index (χ1) is 20.3. The molecule has 10 nitrogen and oxygen atoms in total. The Balaban J connectivity index is 0.971. The molecule has 0 radical (unpaired) electrons. The van der Waals surface area contributed by atoms with Crippen molar-refractivity contribution in [2.24, 2.45) is 5.73 Å². The Hall–Kier alpha value is -3.55. The van der Waals surface area contributed by atoms with Gasteiger partial charge in [0.05, 0.1) is 17.4 Å². The number of fused-ring (bicyclic) bond motifs is 1. The van der Waals surface area contributed by atoms with Crippen molar-refractivity contribution in [3.05, 3.63) is 54.4 Å².